The molecule has 8 nitrogen and oxygen atoms in total. The number of hydrogen-bond donors (Lipinski definition) is 3. The Morgan fingerprint density at radius 2 is 1.53 bits per heavy atom. The van der Waals surface area contributed by atoms with E-state index in [-0.39, 0.29) is 29.6 Å². The second kappa shape index (κ2) is 13.0. The third-order valence-electron chi connectivity index (χ3n) is 5.00. The van der Waals surface area contributed by atoms with E-state index in [1.807, 2.05) is 13.8 Å². The van der Waals surface area contributed by atoms with E-state index in [2.05, 4.69) is 24.5 Å². The summed E-state index contributed by atoms with van der Waals surface area (Å²) in [5, 5.41) is 12.9. The summed E-state index contributed by atoms with van der Waals surface area (Å²) in [6, 6.07) is 6.97. The lowest BCUT2D eigenvalue weighted by Gasteiger charge is -2.31. The van der Waals surface area contributed by atoms with Gasteiger partial charge in [0.2, 0.25) is 11.8 Å². The molecule has 0 atom stereocenters. The monoisotopic (exact) mass is 487 g/mol. The number of amides is 3. The van der Waals surface area contributed by atoms with Gasteiger partial charge < -0.3 is 20.6 Å². The zero-order valence-electron chi connectivity index (χ0n) is 19.7. The Balaban J connectivity index is 0.000000718. The largest absolute Gasteiger partial charge is 0.490 e. The third kappa shape index (κ3) is 9.80. The molecule has 2 rings (SSSR count). The molecule has 0 unspecified atom stereocenters. The van der Waals surface area contributed by atoms with Gasteiger partial charge in [0.05, 0.1) is 0 Å². The number of halogens is 3. The molecule has 1 fully saturated rings. The first-order chi connectivity index (χ1) is 15.7. The maximum atomic E-state index is 12.7. The normalized spacial score (nSPS) is 14.3. The van der Waals surface area contributed by atoms with Crippen LogP contribution in [0.15, 0.2) is 24.3 Å². The lowest BCUT2D eigenvalue weighted by molar-refractivity contribution is -0.192. The van der Waals surface area contributed by atoms with Crippen LogP contribution in [-0.4, -0.2) is 59.5 Å². The molecule has 0 bridgehead atoms. The van der Waals surface area contributed by atoms with Crippen LogP contribution < -0.4 is 10.6 Å². The maximum Gasteiger partial charge on any atom is 0.490 e. The summed E-state index contributed by atoms with van der Waals surface area (Å²) < 4.78 is 31.7. The van der Waals surface area contributed by atoms with Gasteiger partial charge in [0.1, 0.15) is 0 Å². The SMILES string of the molecule is CC(C)CNC(=O)C1CCN(C(=O)c2ccc(NC(=O)C(C)C)cc2)CC1.O=C(O)C(F)(F)F. The number of rotatable bonds is 6. The van der Waals surface area contributed by atoms with Crippen molar-refractivity contribution in [1.82, 2.24) is 10.2 Å². The lowest BCUT2D eigenvalue weighted by Crippen LogP contribution is -2.43. The molecule has 0 spiro atoms. The molecule has 1 aromatic carbocycles. The highest BCUT2D eigenvalue weighted by Crippen LogP contribution is 2.20. The first-order valence-corrected chi connectivity index (χ1v) is 11.0. The third-order valence-corrected chi connectivity index (χ3v) is 5.00. The van der Waals surface area contributed by atoms with Crippen molar-refractivity contribution in [2.45, 2.75) is 46.7 Å². The molecule has 190 valence electrons. The predicted molar refractivity (Wildman–Crippen MR) is 120 cm³/mol. The van der Waals surface area contributed by atoms with Crippen molar-refractivity contribution in [3.8, 4) is 0 Å². The zero-order chi connectivity index (χ0) is 26.1. The first-order valence-electron chi connectivity index (χ1n) is 11.0. The molecule has 0 saturated carbocycles. The summed E-state index contributed by atoms with van der Waals surface area (Å²) in [6.45, 7) is 9.68. The molecule has 3 N–H and O–H groups in total. The van der Waals surface area contributed by atoms with E-state index in [1.54, 1.807) is 29.2 Å². The summed E-state index contributed by atoms with van der Waals surface area (Å²) in [4.78, 5) is 47.3. The van der Waals surface area contributed by atoms with Crippen LogP contribution in [0.3, 0.4) is 0 Å². The first kappa shape index (κ1) is 28.9. The second-order valence-corrected chi connectivity index (χ2v) is 8.73. The summed E-state index contributed by atoms with van der Waals surface area (Å²) in [5.41, 5.74) is 1.28. The van der Waals surface area contributed by atoms with E-state index in [0.717, 1.165) is 0 Å². The number of carbonyl (C=O) groups excluding carboxylic acids is 3. The van der Waals surface area contributed by atoms with Crippen LogP contribution in [0, 0.1) is 17.8 Å². The second-order valence-electron chi connectivity index (χ2n) is 8.73. The fourth-order valence-corrected chi connectivity index (χ4v) is 2.96. The van der Waals surface area contributed by atoms with E-state index in [0.29, 0.717) is 49.6 Å². The van der Waals surface area contributed by atoms with Crippen LogP contribution in [0.4, 0.5) is 18.9 Å². The number of nitrogens with one attached hydrogen (secondary N) is 2. The van der Waals surface area contributed by atoms with Crippen LogP contribution in [0.1, 0.15) is 50.9 Å². The molecular weight excluding hydrogens is 455 g/mol. The van der Waals surface area contributed by atoms with Gasteiger partial charge >= 0.3 is 12.1 Å². The van der Waals surface area contributed by atoms with Crippen molar-refractivity contribution in [2.24, 2.45) is 17.8 Å². The van der Waals surface area contributed by atoms with Gasteiger partial charge in [0.25, 0.3) is 5.91 Å². The molecular formula is C23H32F3N3O5. The number of anilines is 1. The number of benzene rings is 1. The molecule has 1 aromatic rings. The molecule has 1 saturated heterocycles. The van der Waals surface area contributed by atoms with Crippen LogP contribution >= 0.6 is 0 Å². The van der Waals surface area contributed by atoms with Gasteiger partial charge in [0.15, 0.2) is 0 Å². The number of carbonyl (C=O) groups is 4. The fraction of sp³-hybridized carbons (Fsp3) is 0.565. The van der Waals surface area contributed by atoms with Crippen molar-refractivity contribution in [1.29, 1.82) is 0 Å². The Labute approximate surface area is 196 Å². The fourth-order valence-electron chi connectivity index (χ4n) is 2.96. The Hall–Kier alpha value is -3.11. The standard InChI is InChI=1S/C21H31N3O3.C2HF3O2/c1-14(2)13-22-20(26)16-9-11-24(12-10-16)21(27)17-5-7-18(8-6-17)23-19(25)15(3)4;3-2(4,5)1(6)7/h5-8,14-16H,9-13H2,1-4H3,(H,22,26)(H,23,25);(H,6,7). The summed E-state index contributed by atoms with van der Waals surface area (Å²) in [7, 11) is 0. The highest BCUT2D eigenvalue weighted by atomic mass is 19.4. The van der Waals surface area contributed by atoms with E-state index in [4.69, 9.17) is 9.90 Å². The number of hydrogen-bond acceptors (Lipinski definition) is 4. The van der Waals surface area contributed by atoms with Crippen molar-refractivity contribution in [3.05, 3.63) is 29.8 Å². The molecule has 34 heavy (non-hydrogen) atoms. The average Bonchev–Trinajstić information content (AvgIpc) is 2.77. The minimum Gasteiger partial charge on any atom is -0.475 e. The molecule has 1 heterocycles. The summed E-state index contributed by atoms with van der Waals surface area (Å²) in [5.74, 6) is -2.41. The van der Waals surface area contributed by atoms with Gasteiger partial charge in [-0.1, -0.05) is 27.7 Å². The number of aliphatic carboxylic acids is 1. The Kier molecular flexibility index (Phi) is 11.0. The predicted octanol–water partition coefficient (Wildman–Crippen LogP) is 3.54. The average molecular weight is 488 g/mol. The quantitative estimate of drug-likeness (QED) is 0.568. The number of carboxylic acids is 1. The summed E-state index contributed by atoms with van der Waals surface area (Å²) in [6.07, 6.45) is -3.70. The van der Waals surface area contributed by atoms with Crippen molar-refractivity contribution >= 4 is 29.4 Å². The van der Waals surface area contributed by atoms with Crippen molar-refractivity contribution in [3.63, 3.8) is 0 Å². The van der Waals surface area contributed by atoms with E-state index >= 15 is 0 Å². The molecule has 0 radical (unpaired) electrons. The van der Waals surface area contributed by atoms with E-state index < -0.39 is 12.1 Å². The number of likely N-dealkylation sites (tertiary alicyclic amines) is 1. The van der Waals surface area contributed by atoms with Gasteiger partial charge in [-0.3, -0.25) is 14.4 Å². The molecule has 1 aliphatic rings. The Morgan fingerprint density at radius 3 is 1.94 bits per heavy atom. The smallest absolute Gasteiger partial charge is 0.475 e. The van der Waals surface area contributed by atoms with Gasteiger partial charge in [0, 0.05) is 42.7 Å². The van der Waals surface area contributed by atoms with Gasteiger partial charge in [-0.05, 0) is 43.0 Å². The van der Waals surface area contributed by atoms with Gasteiger partial charge in [-0.25, -0.2) is 4.79 Å². The van der Waals surface area contributed by atoms with E-state index in [9.17, 15) is 27.6 Å². The Morgan fingerprint density at radius 1 is 1.03 bits per heavy atom. The highest BCUT2D eigenvalue weighted by Gasteiger charge is 2.38. The summed E-state index contributed by atoms with van der Waals surface area (Å²) >= 11 is 0. The van der Waals surface area contributed by atoms with E-state index in [1.165, 1.54) is 0 Å². The number of piperidine rings is 1. The number of nitrogens with zero attached hydrogens (tertiary/aromatic N) is 1. The minimum absolute atomic E-state index is 0.0126. The van der Waals surface area contributed by atoms with Crippen LogP contribution in [0.2, 0.25) is 0 Å². The molecule has 11 heteroatoms. The van der Waals surface area contributed by atoms with Crippen molar-refractivity contribution < 1.29 is 37.5 Å². The van der Waals surface area contributed by atoms with Crippen LogP contribution in [0.25, 0.3) is 0 Å². The lowest BCUT2D eigenvalue weighted by atomic mass is 9.95. The van der Waals surface area contributed by atoms with Gasteiger partial charge in [-0.15, -0.1) is 0 Å². The topological polar surface area (TPSA) is 116 Å². The van der Waals surface area contributed by atoms with Crippen LogP contribution in [0.5, 0.6) is 0 Å². The maximum absolute atomic E-state index is 12.7. The number of carboxylic acid groups (broad SMARTS) is 1. The van der Waals surface area contributed by atoms with Crippen LogP contribution in [-0.2, 0) is 14.4 Å². The van der Waals surface area contributed by atoms with Gasteiger partial charge in [-0.2, -0.15) is 13.2 Å². The molecule has 3 amide bonds. The zero-order valence-corrected chi connectivity index (χ0v) is 19.7. The molecule has 1 aliphatic heterocycles. The minimum atomic E-state index is -5.08. The van der Waals surface area contributed by atoms with Crippen molar-refractivity contribution in [2.75, 3.05) is 25.0 Å². The number of alkyl halides is 3. The Bertz CT molecular complexity index is 846. The molecule has 0 aromatic heterocycles. The molecule has 0 aliphatic carbocycles. The highest BCUT2D eigenvalue weighted by molar-refractivity contribution is 5.96.